The molecule has 4 rings (SSSR count). The van der Waals surface area contributed by atoms with E-state index in [0.717, 1.165) is 42.7 Å². The Kier molecular flexibility index (Phi) is 4.08. The summed E-state index contributed by atoms with van der Waals surface area (Å²) in [6, 6.07) is 14.4. The van der Waals surface area contributed by atoms with E-state index in [1.165, 1.54) is 11.8 Å². The van der Waals surface area contributed by atoms with Crippen LogP contribution in [0.2, 0.25) is 0 Å². The highest BCUT2D eigenvalue weighted by Gasteiger charge is 2.21. The van der Waals surface area contributed by atoms with Crippen LogP contribution in [0, 0.1) is 11.6 Å². The zero-order chi connectivity index (χ0) is 18.1. The highest BCUT2D eigenvalue weighted by molar-refractivity contribution is 6.04. The standard InChI is InChI=1S/C20H15F2N3O/c21-15-6-7-16(22)17(11-15)24-20(26)14-5-8-19(23-12-14)25-10-9-13-3-1-2-4-18(13)25/h1-8,11-12H,9-10H2,(H,24,26). The number of pyridine rings is 1. The average Bonchev–Trinajstić information content (AvgIpc) is 3.09. The van der Waals surface area contributed by atoms with Gasteiger partial charge in [0.15, 0.2) is 0 Å². The molecule has 2 heterocycles. The Balaban J connectivity index is 1.53. The fourth-order valence-corrected chi connectivity index (χ4v) is 3.04. The van der Waals surface area contributed by atoms with Gasteiger partial charge < -0.3 is 10.2 Å². The number of carbonyl (C=O) groups is 1. The van der Waals surface area contributed by atoms with E-state index in [1.807, 2.05) is 18.2 Å². The second-order valence-electron chi connectivity index (χ2n) is 6.01. The number of nitrogens with zero attached hydrogens (tertiary/aromatic N) is 2. The Bertz CT molecular complexity index is 973. The number of nitrogens with one attached hydrogen (secondary N) is 1. The van der Waals surface area contributed by atoms with E-state index in [2.05, 4.69) is 21.3 Å². The van der Waals surface area contributed by atoms with E-state index in [1.54, 1.807) is 12.1 Å². The summed E-state index contributed by atoms with van der Waals surface area (Å²) in [5, 5.41) is 2.36. The molecule has 1 amide bonds. The van der Waals surface area contributed by atoms with Crippen LogP contribution in [0.25, 0.3) is 0 Å². The molecule has 0 atom stereocenters. The summed E-state index contributed by atoms with van der Waals surface area (Å²) in [5.74, 6) is -1.13. The Morgan fingerprint density at radius 3 is 2.73 bits per heavy atom. The topological polar surface area (TPSA) is 45.2 Å². The monoisotopic (exact) mass is 351 g/mol. The van der Waals surface area contributed by atoms with Crippen molar-refractivity contribution in [1.29, 1.82) is 0 Å². The molecule has 2 aromatic carbocycles. The molecule has 1 aliphatic rings. The van der Waals surface area contributed by atoms with Crippen LogP contribution in [-0.4, -0.2) is 17.4 Å². The quantitative estimate of drug-likeness (QED) is 0.765. The third-order valence-corrected chi connectivity index (χ3v) is 4.35. The average molecular weight is 351 g/mol. The number of hydrogen-bond donors (Lipinski definition) is 1. The van der Waals surface area contributed by atoms with Crippen LogP contribution in [0.15, 0.2) is 60.8 Å². The fraction of sp³-hybridized carbons (Fsp3) is 0.100. The summed E-state index contributed by atoms with van der Waals surface area (Å²) in [7, 11) is 0. The molecule has 1 N–H and O–H groups in total. The number of para-hydroxylation sites is 1. The molecule has 4 nitrogen and oxygen atoms in total. The van der Waals surface area contributed by atoms with E-state index in [9.17, 15) is 13.6 Å². The van der Waals surface area contributed by atoms with Gasteiger partial charge in [-0.15, -0.1) is 0 Å². The van der Waals surface area contributed by atoms with Crippen LogP contribution in [0.1, 0.15) is 15.9 Å². The zero-order valence-electron chi connectivity index (χ0n) is 13.7. The Hall–Kier alpha value is -3.28. The van der Waals surface area contributed by atoms with Gasteiger partial charge in [0.2, 0.25) is 0 Å². The van der Waals surface area contributed by atoms with Crippen molar-refractivity contribution >= 4 is 23.1 Å². The molecule has 0 saturated heterocycles. The first-order valence-electron chi connectivity index (χ1n) is 8.20. The molecule has 0 unspecified atom stereocenters. The lowest BCUT2D eigenvalue weighted by atomic mass is 10.2. The Labute approximate surface area is 149 Å². The van der Waals surface area contributed by atoms with Gasteiger partial charge in [-0.25, -0.2) is 13.8 Å². The molecule has 26 heavy (non-hydrogen) atoms. The van der Waals surface area contributed by atoms with Gasteiger partial charge in [0.25, 0.3) is 5.91 Å². The third-order valence-electron chi connectivity index (χ3n) is 4.35. The predicted molar refractivity (Wildman–Crippen MR) is 95.7 cm³/mol. The number of rotatable bonds is 3. The van der Waals surface area contributed by atoms with Gasteiger partial charge >= 0.3 is 0 Å². The van der Waals surface area contributed by atoms with Gasteiger partial charge in [0, 0.05) is 24.5 Å². The van der Waals surface area contributed by atoms with E-state index in [-0.39, 0.29) is 11.3 Å². The number of halogens is 2. The normalized spacial score (nSPS) is 12.8. The number of amides is 1. The van der Waals surface area contributed by atoms with Gasteiger partial charge in [-0.3, -0.25) is 4.79 Å². The number of aromatic nitrogens is 1. The lowest BCUT2D eigenvalue weighted by Crippen LogP contribution is -2.17. The van der Waals surface area contributed by atoms with Crippen molar-refractivity contribution in [2.24, 2.45) is 0 Å². The highest BCUT2D eigenvalue weighted by Crippen LogP contribution is 2.33. The van der Waals surface area contributed by atoms with Gasteiger partial charge in [0.05, 0.1) is 11.3 Å². The Morgan fingerprint density at radius 2 is 1.92 bits per heavy atom. The van der Waals surface area contributed by atoms with Crippen molar-refractivity contribution in [2.45, 2.75) is 6.42 Å². The zero-order valence-corrected chi connectivity index (χ0v) is 13.7. The molecule has 1 aromatic heterocycles. The minimum absolute atomic E-state index is 0.201. The summed E-state index contributed by atoms with van der Waals surface area (Å²) in [6.07, 6.45) is 2.38. The second-order valence-corrected chi connectivity index (χ2v) is 6.01. The molecule has 0 bridgehead atoms. The minimum Gasteiger partial charge on any atom is -0.326 e. The van der Waals surface area contributed by atoms with Crippen LogP contribution in [0.4, 0.5) is 26.0 Å². The Morgan fingerprint density at radius 1 is 1.08 bits per heavy atom. The van der Waals surface area contributed by atoms with E-state index >= 15 is 0 Å². The van der Waals surface area contributed by atoms with Gasteiger partial charge in [-0.05, 0) is 42.3 Å². The summed E-state index contributed by atoms with van der Waals surface area (Å²) in [6.45, 7) is 0.826. The van der Waals surface area contributed by atoms with Gasteiger partial charge in [-0.2, -0.15) is 0 Å². The number of fused-ring (bicyclic) bond motifs is 1. The van der Waals surface area contributed by atoms with E-state index < -0.39 is 17.5 Å². The van der Waals surface area contributed by atoms with Gasteiger partial charge in [0.1, 0.15) is 17.5 Å². The first-order chi connectivity index (χ1) is 12.6. The first-order valence-corrected chi connectivity index (χ1v) is 8.20. The summed E-state index contributed by atoms with van der Waals surface area (Å²) in [5.41, 5.74) is 2.44. The predicted octanol–water partition coefficient (Wildman–Crippen LogP) is 4.31. The molecule has 0 saturated carbocycles. The summed E-state index contributed by atoms with van der Waals surface area (Å²) < 4.78 is 26.9. The van der Waals surface area contributed by atoms with Crippen molar-refractivity contribution in [3.8, 4) is 0 Å². The molecular weight excluding hydrogens is 336 g/mol. The number of anilines is 3. The van der Waals surface area contributed by atoms with Crippen molar-refractivity contribution in [3.05, 3.63) is 83.6 Å². The maximum Gasteiger partial charge on any atom is 0.257 e. The molecule has 130 valence electrons. The molecular formula is C20H15F2N3O. The lowest BCUT2D eigenvalue weighted by Gasteiger charge is -2.18. The summed E-state index contributed by atoms with van der Waals surface area (Å²) >= 11 is 0. The second kappa shape index (κ2) is 6.55. The largest absolute Gasteiger partial charge is 0.326 e. The third kappa shape index (κ3) is 3.01. The fourth-order valence-electron chi connectivity index (χ4n) is 3.04. The van der Waals surface area contributed by atoms with Crippen LogP contribution in [0.3, 0.4) is 0 Å². The van der Waals surface area contributed by atoms with Crippen molar-refractivity contribution in [3.63, 3.8) is 0 Å². The van der Waals surface area contributed by atoms with Crippen LogP contribution < -0.4 is 10.2 Å². The summed E-state index contributed by atoms with van der Waals surface area (Å²) in [4.78, 5) is 18.7. The van der Waals surface area contributed by atoms with Crippen molar-refractivity contribution < 1.29 is 13.6 Å². The number of hydrogen-bond acceptors (Lipinski definition) is 3. The first kappa shape index (κ1) is 16.2. The minimum atomic E-state index is -0.696. The smallest absolute Gasteiger partial charge is 0.257 e. The van der Waals surface area contributed by atoms with E-state index in [0.29, 0.717) is 0 Å². The molecule has 6 heteroatoms. The molecule has 0 spiro atoms. The highest BCUT2D eigenvalue weighted by atomic mass is 19.1. The maximum atomic E-state index is 13.7. The van der Waals surface area contributed by atoms with E-state index in [4.69, 9.17) is 0 Å². The maximum absolute atomic E-state index is 13.7. The van der Waals surface area contributed by atoms with Crippen LogP contribution in [0.5, 0.6) is 0 Å². The SMILES string of the molecule is O=C(Nc1cc(F)ccc1F)c1ccc(N2CCc3ccccc32)nc1. The lowest BCUT2D eigenvalue weighted by molar-refractivity contribution is 0.102. The van der Waals surface area contributed by atoms with Crippen molar-refractivity contribution in [1.82, 2.24) is 4.98 Å². The molecule has 0 fully saturated rings. The number of carbonyl (C=O) groups excluding carboxylic acids is 1. The van der Waals surface area contributed by atoms with Crippen LogP contribution >= 0.6 is 0 Å². The molecule has 0 radical (unpaired) electrons. The van der Waals surface area contributed by atoms with Crippen molar-refractivity contribution in [2.75, 3.05) is 16.8 Å². The molecule has 0 aliphatic carbocycles. The van der Waals surface area contributed by atoms with Gasteiger partial charge in [-0.1, -0.05) is 18.2 Å². The van der Waals surface area contributed by atoms with Crippen LogP contribution in [-0.2, 0) is 6.42 Å². The molecule has 1 aliphatic heterocycles. The molecule has 3 aromatic rings. The number of benzene rings is 2.